The number of aryl methyl sites for hydroxylation is 1. The van der Waals surface area contributed by atoms with E-state index in [0.29, 0.717) is 9.90 Å². The van der Waals surface area contributed by atoms with Gasteiger partial charge in [0.05, 0.1) is 9.47 Å². The van der Waals surface area contributed by atoms with E-state index < -0.39 is 10.0 Å². The van der Waals surface area contributed by atoms with Gasteiger partial charge in [-0.1, -0.05) is 0 Å². The summed E-state index contributed by atoms with van der Waals surface area (Å²) in [6.07, 6.45) is 0. The van der Waals surface area contributed by atoms with Crippen molar-refractivity contribution in [3.05, 3.63) is 43.3 Å². The SMILES string of the molecule is Cc1cc(I)ccc1NS(=O)(=O)c1ccc(Br)s1. The molecular weight excluding hydrogens is 449 g/mol. The average Bonchev–Trinajstić information content (AvgIpc) is 2.70. The first-order valence-electron chi connectivity index (χ1n) is 4.93. The summed E-state index contributed by atoms with van der Waals surface area (Å²) in [4.78, 5) is 0. The van der Waals surface area contributed by atoms with Gasteiger partial charge in [0.1, 0.15) is 4.21 Å². The van der Waals surface area contributed by atoms with Gasteiger partial charge in [-0.05, 0) is 81.3 Å². The van der Waals surface area contributed by atoms with Crippen molar-refractivity contribution in [3.63, 3.8) is 0 Å². The van der Waals surface area contributed by atoms with E-state index in [0.717, 1.165) is 12.9 Å². The number of benzene rings is 1. The van der Waals surface area contributed by atoms with Crippen molar-refractivity contribution < 1.29 is 8.42 Å². The number of halogens is 2. The van der Waals surface area contributed by atoms with Gasteiger partial charge in [0.2, 0.25) is 0 Å². The summed E-state index contributed by atoms with van der Waals surface area (Å²) in [6.45, 7) is 1.88. The van der Waals surface area contributed by atoms with Crippen LogP contribution in [0.1, 0.15) is 5.56 Å². The highest BCUT2D eigenvalue weighted by molar-refractivity contribution is 14.1. The van der Waals surface area contributed by atoms with E-state index in [1.54, 1.807) is 18.2 Å². The zero-order chi connectivity index (χ0) is 13.3. The Morgan fingerprint density at radius 3 is 2.56 bits per heavy atom. The molecule has 96 valence electrons. The molecule has 2 aromatic rings. The fraction of sp³-hybridized carbons (Fsp3) is 0.0909. The minimum absolute atomic E-state index is 0.298. The normalized spacial score (nSPS) is 11.5. The molecule has 3 nitrogen and oxygen atoms in total. The molecule has 0 bridgehead atoms. The van der Waals surface area contributed by atoms with Gasteiger partial charge in [0.25, 0.3) is 10.0 Å². The second kappa shape index (κ2) is 5.48. The minimum Gasteiger partial charge on any atom is -0.279 e. The van der Waals surface area contributed by atoms with Gasteiger partial charge in [-0.2, -0.15) is 0 Å². The molecule has 7 heteroatoms. The Hall–Kier alpha value is -0.120. The van der Waals surface area contributed by atoms with Crippen LogP contribution in [0.15, 0.2) is 38.3 Å². The van der Waals surface area contributed by atoms with E-state index in [4.69, 9.17) is 0 Å². The third-order valence-corrected chi connectivity index (χ3v) is 6.40. The van der Waals surface area contributed by atoms with Crippen LogP contribution in [-0.4, -0.2) is 8.42 Å². The summed E-state index contributed by atoms with van der Waals surface area (Å²) in [7, 11) is -3.49. The molecular formula is C11H9BrINO2S2. The molecule has 0 unspecified atom stereocenters. The zero-order valence-electron chi connectivity index (χ0n) is 9.28. The molecule has 1 aromatic heterocycles. The lowest BCUT2D eigenvalue weighted by Crippen LogP contribution is -2.12. The third-order valence-electron chi connectivity index (χ3n) is 2.25. The van der Waals surface area contributed by atoms with Crippen LogP contribution < -0.4 is 4.72 Å². The maximum absolute atomic E-state index is 12.1. The summed E-state index contributed by atoms with van der Waals surface area (Å²) in [5.41, 5.74) is 1.51. The molecule has 0 radical (unpaired) electrons. The van der Waals surface area contributed by atoms with Crippen LogP contribution in [-0.2, 0) is 10.0 Å². The highest BCUT2D eigenvalue weighted by Crippen LogP contribution is 2.28. The lowest BCUT2D eigenvalue weighted by molar-refractivity contribution is 0.603. The van der Waals surface area contributed by atoms with E-state index in [-0.39, 0.29) is 0 Å². The quantitative estimate of drug-likeness (QED) is 0.701. The predicted molar refractivity (Wildman–Crippen MR) is 86.7 cm³/mol. The minimum atomic E-state index is -3.49. The second-order valence-electron chi connectivity index (χ2n) is 3.62. The molecule has 2 rings (SSSR count). The first-order chi connectivity index (χ1) is 8.38. The van der Waals surface area contributed by atoms with Gasteiger partial charge in [-0.15, -0.1) is 11.3 Å². The number of thiophene rings is 1. The van der Waals surface area contributed by atoms with Crippen LogP contribution >= 0.6 is 49.9 Å². The van der Waals surface area contributed by atoms with Gasteiger partial charge in [0.15, 0.2) is 0 Å². The van der Waals surface area contributed by atoms with Crippen molar-refractivity contribution in [1.82, 2.24) is 0 Å². The van der Waals surface area contributed by atoms with Crippen LogP contribution in [0.25, 0.3) is 0 Å². The third kappa shape index (κ3) is 3.25. The molecule has 0 aliphatic heterocycles. The highest BCUT2D eigenvalue weighted by Gasteiger charge is 2.17. The predicted octanol–water partition coefficient (Wildman–Crippen LogP) is 4.22. The van der Waals surface area contributed by atoms with Crippen molar-refractivity contribution >= 4 is 65.6 Å². The van der Waals surface area contributed by atoms with E-state index in [1.165, 1.54) is 11.3 Å². The van der Waals surface area contributed by atoms with Crippen molar-refractivity contribution in [2.24, 2.45) is 0 Å². The lowest BCUT2D eigenvalue weighted by Gasteiger charge is -2.09. The molecule has 0 fully saturated rings. The molecule has 0 aliphatic carbocycles. The van der Waals surface area contributed by atoms with Gasteiger partial charge in [0, 0.05) is 3.57 Å². The summed E-state index contributed by atoms with van der Waals surface area (Å²) in [5.74, 6) is 0. The first kappa shape index (κ1) is 14.3. The molecule has 0 saturated carbocycles. The summed E-state index contributed by atoms with van der Waals surface area (Å²) < 4.78 is 29.0. The fourth-order valence-electron chi connectivity index (χ4n) is 1.38. The second-order valence-corrected chi connectivity index (χ2v) is 9.24. The topological polar surface area (TPSA) is 46.2 Å². The zero-order valence-corrected chi connectivity index (χ0v) is 14.7. The Morgan fingerprint density at radius 2 is 2.00 bits per heavy atom. The molecule has 0 saturated heterocycles. The van der Waals surface area contributed by atoms with Crippen molar-refractivity contribution in [2.75, 3.05) is 4.72 Å². The largest absolute Gasteiger partial charge is 0.279 e. The van der Waals surface area contributed by atoms with E-state index >= 15 is 0 Å². The summed E-state index contributed by atoms with van der Waals surface area (Å²) in [5, 5.41) is 0. The highest BCUT2D eigenvalue weighted by atomic mass is 127. The van der Waals surface area contributed by atoms with Gasteiger partial charge >= 0.3 is 0 Å². The number of nitrogens with one attached hydrogen (secondary N) is 1. The Bertz CT molecular complexity index is 682. The van der Waals surface area contributed by atoms with Crippen molar-refractivity contribution in [2.45, 2.75) is 11.1 Å². The average molecular weight is 458 g/mol. The summed E-state index contributed by atoms with van der Waals surface area (Å²) >= 11 is 6.64. The number of hydrogen-bond donors (Lipinski definition) is 1. The lowest BCUT2D eigenvalue weighted by atomic mass is 10.2. The summed E-state index contributed by atoms with van der Waals surface area (Å²) in [6, 6.07) is 8.88. The van der Waals surface area contributed by atoms with Gasteiger partial charge in [-0.3, -0.25) is 4.72 Å². The standard InChI is InChI=1S/C11H9BrINO2S2/c1-7-6-8(13)2-3-9(7)14-18(15,16)11-5-4-10(12)17-11/h2-6,14H,1H3. The molecule has 1 heterocycles. The number of anilines is 1. The maximum Gasteiger partial charge on any atom is 0.271 e. The molecule has 0 spiro atoms. The molecule has 0 atom stereocenters. The van der Waals surface area contributed by atoms with Crippen molar-refractivity contribution in [3.8, 4) is 0 Å². The van der Waals surface area contributed by atoms with Crippen molar-refractivity contribution in [1.29, 1.82) is 0 Å². The van der Waals surface area contributed by atoms with Crippen LogP contribution in [0.5, 0.6) is 0 Å². The first-order valence-corrected chi connectivity index (χ1v) is 9.10. The smallest absolute Gasteiger partial charge is 0.271 e. The van der Waals surface area contributed by atoms with Crippen LogP contribution in [0.4, 0.5) is 5.69 Å². The molecule has 0 aliphatic rings. The maximum atomic E-state index is 12.1. The molecule has 1 N–H and O–H groups in total. The number of sulfonamides is 1. The van der Waals surface area contributed by atoms with E-state index in [2.05, 4.69) is 43.2 Å². The fourth-order valence-corrected chi connectivity index (χ4v) is 5.17. The van der Waals surface area contributed by atoms with Gasteiger partial charge < -0.3 is 0 Å². The Kier molecular flexibility index (Phi) is 4.35. The number of hydrogen-bond acceptors (Lipinski definition) is 3. The number of rotatable bonds is 3. The Labute approximate surface area is 132 Å². The Morgan fingerprint density at radius 1 is 1.28 bits per heavy atom. The molecule has 0 amide bonds. The van der Waals surface area contributed by atoms with E-state index in [9.17, 15) is 8.42 Å². The van der Waals surface area contributed by atoms with E-state index in [1.807, 2.05) is 19.1 Å². The Balaban J connectivity index is 2.33. The van der Waals surface area contributed by atoms with Crippen LogP contribution in [0.3, 0.4) is 0 Å². The molecule has 18 heavy (non-hydrogen) atoms. The van der Waals surface area contributed by atoms with Gasteiger partial charge in [-0.25, -0.2) is 8.42 Å². The van der Waals surface area contributed by atoms with Crippen LogP contribution in [0.2, 0.25) is 0 Å². The monoisotopic (exact) mass is 457 g/mol. The molecule has 1 aromatic carbocycles. The van der Waals surface area contributed by atoms with Crippen LogP contribution in [0, 0.1) is 10.5 Å².